The molecule has 18 heavy (non-hydrogen) atoms. The van der Waals surface area contributed by atoms with Crippen LogP contribution in [0.3, 0.4) is 0 Å². The number of ether oxygens (including phenoxy) is 1. The highest BCUT2D eigenvalue weighted by Gasteiger charge is 2.11. The quantitative estimate of drug-likeness (QED) is 0.485. The van der Waals surface area contributed by atoms with Gasteiger partial charge in [0.2, 0.25) is 0 Å². The van der Waals surface area contributed by atoms with E-state index in [0.717, 1.165) is 16.9 Å². The van der Waals surface area contributed by atoms with Gasteiger partial charge in [0.15, 0.2) is 5.78 Å². The van der Waals surface area contributed by atoms with Crippen LogP contribution in [0.2, 0.25) is 0 Å². The Hall–Kier alpha value is -0.670. The lowest BCUT2D eigenvalue weighted by atomic mass is 10.1. The summed E-state index contributed by atoms with van der Waals surface area (Å²) < 4.78 is 5.45. The zero-order chi connectivity index (χ0) is 13.4. The molecule has 1 aromatic heterocycles. The van der Waals surface area contributed by atoms with Crippen molar-refractivity contribution >= 4 is 17.1 Å². The van der Waals surface area contributed by atoms with Gasteiger partial charge in [-0.1, -0.05) is 32.6 Å². The lowest BCUT2D eigenvalue weighted by Crippen LogP contribution is -2.10. The Bertz CT molecular complexity index is 369. The molecule has 0 atom stereocenters. The lowest BCUT2D eigenvalue weighted by Gasteiger charge is -2.03. The van der Waals surface area contributed by atoms with Crippen molar-refractivity contribution in [3.63, 3.8) is 0 Å². The van der Waals surface area contributed by atoms with Gasteiger partial charge in [-0.2, -0.15) is 0 Å². The summed E-state index contributed by atoms with van der Waals surface area (Å²) in [5.41, 5.74) is 0.837. The summed E-state index contributed by atoms with van der Waals surface area (Å²) in [7, 11) is 0. The lowest BCUT2D eigenvalue weighted by molar-refractivity contribution is 0.0752. The average Bonchev–Trinajstić information content (AvgIpc) is 2.67. The fourth-order valence-corrected chi connectivity index (χ4v) is 2.90. The fraction of sp³-hybridized carbons (Fsp3) is 0.667. The molecule has 102 valence electrons. The van der Waals surface area contributed by atoms with Crippen molar-refractivity contribution in [2.75, 3.05) is 13.2 Å². The Labute approximate surface area is 114 Å². The zero-order valence-electron chi connectivity index (χ0n) is 11.8. The van der Waals surface area contributed by atoms with E-state index in [4.69, 9.17) is 4.74 Å². The van der Waals surface area contributed by atoms with Crippen LogP contribution in [0.5, 0.6) is 0 Å². The van der Waals surface area contributed by atoms with Gasteiger partial charge < -0.3 is 4.74 Å². The van der Waals surface area contributed by atoms with Crippen LogP contribution in [-0.2, 0) is 4.74 Å². The number of ketones is 1. The van der Waals surface area contributed by atoms with Crippen molar-refractivity contribution < 1.29 is 9.53 Å². The van der Waals surface area contributed by atoms with Crippen LogP contribution in [0.1, 0.15) is 59.1 Å². The largest absolute Gasteiger partial charge is 0.373 e. The zero-order valence-corrected chi connectivity index (χ0v) is 12.6. The molecule has 0 saturated heterocycles. The number of carbonyl (C=O) groups is 1. The molecule has 3 heteroatoms. The van der Waals surface area contributed by atoms with Crippen LogP contribution in [0.4, 0.5) is 0 Å². The van der Waals surface area contributed by atoms with Gasteiger partial charge in [0.25, 0.3) is 0 Å². The molecular formula is C15H24O2S. The number of carbonyl (C=O) groups excluding carboxylic acids is 1. The fourth-order valence-electron chi connectivity index (χ4n) is 1.96. The maximum atomic E-state index is 11.9. The number of thiophene rings is 1. The summed E-state index contributed by atoms with van der Waals surface area (Å²) in [6, 6.07) is 1.97. The molecule has 0 aromatic carbocycles. The topological polar surface area (TPSA) is 26.3 Å². The van der Waals surface area contributed by atoms with E-state index in [1.807, 2.05) is 19.9 Å². The summed E-state index contributed by atoms with van der Waals surface area (Å²) in [4.78, 5) is 14.2. The first-order valence-electron chi connectivity index (χ1n) is 6.83. The second-order valence-corrected chi connectivity index (χ2v) is 6.18. The molecule has 0 aliphatic rings. The Morgan fingerprint density at radius 2 is 1.94 bits per heavy atom. The van der Waals surface area contributed by atoms with E-state index in [1.165, 1.54) is 30.6 Å². The minimum atomic E-state index is 0.116. The minimum Gasteiger partial charge on any atom is -0.373 e. The van der Waals surface area contributed by atoms with E-state index in [9.17, 15) is 4.79 Å². The molecule has 0 bridgehead atoms. The first kappa shape index (κ1) is 15.4. The molecule has 1 aromatic rings. The SMILES string of the molecule is CCCCCCCOCC(=O)c1cc(C)sc1C. The predicted octanol–water partition coefficient (Wildman–Crippen LogP) is 4.53. The van der Waals surface area contributed by atoms with Crippen LogP contribution in [0, 0.1) is 13.8 Å². The average molecular weight is 268 g/mol. The summed E-state index contributed by atoms with van der Waals surface area (Å²) in [6.07, 6.45) is 6.10. The van der Waals surface area contributed by atoms with Crippen molar-refractivity contribution in [3.8, 4) is 0 Å². The van der Waals surface area contributed by atoms with Crippen LogP contribution < -0.4 is 0 Å². The van der Waals surface area contributed by atoms with Gasteiger partial charge in [-0.15, -0.1) is 11.3 Å². The molecule has 0 N–H and O–H groups in total. The smallest absolute Gasteiger partial charge is 0.189 e. The van der Waals surface area contributed by atoms with Crippen molar-refractivity contribution in [1.82, 2.24) is 0 Å². The molecule has 0 unspecified atom stereocenters. The molecule has 0 amide bonds. The predicted molar refractivity (Wildman–Crippen MR) is 77.7 cm³/mol. The Morgan fingerprint density at radius 1 is 1.22 bits per heavy atom. The number of unbranched alkanes of at least 4 members (excludes halogenated alkanes) is 4. The van der Waals surface area contributed by atoms with E-state index in [-0.39, 0.29) is 12.4 Å². The maximum Gasteiger partial charge on any atom is 0.189 e. The normalized spacial score (nSPS) is 10.8. The van der Waals surface area contributed by atoms with Gasteiger partial charge in [-0.3, -0.25) is 4.79 Å². The van der Waals surface area contributed by atoms with Crippen molar-refractivity contribution in [3.05, 3.63) is 21.4 Å². The van der Waals surface area contributed by atoms with E-state index >= 15 is 0 Å². The van der Waals surface area contributed by atoms with Crippen LogP contribution in [0.15, 0.2) is 6.07 Å². The monoisotopic (exact) mass is 268 g/mol. The number of hydrogen-bond acceptors (Lipinski definition) is 3. The molecule has 0 aliphatic carbocycles. The van der Waals surface area contributed by atoms with Crippen LogP contribution in [-0.4, -0.2) is 19.0 Å². The highest BCUT2D eigenvalue weighted by atomic mass is 32.1. The van der Waals surface area contributed by atoms with E-state index in [2.05, 4.69) is 6.92 Å². The Kier molecular flexibility index (Phi) is 7.21. The molecule has 0 aliphatic heterocycles. The van der Waals surface area contributed by atoms with Gasteiger partial charge in [-0.05, 0) is 26.3 Å². The first-order chi connectivity index (χ1) is 8.65. The number of aryl methyl sites for hydroxylation is 2. The summed E-state index contributed by atoms with van der Waals surface area (Å²) in [5.74, 6) is 0.116. The molecule has 1 rings (SSSR count). The van der Waals surface area contributed by atoms with Crippen LogP contribution in [0.25, 0.3) is 0 Å². The number of rotatable bonds is 9. The van der Waals surface area contributed by atoms with Gasteiger partial charge >= 0.3 is 0 Å². The third-order valence-electron chi connectivity index (χ3n) is 2.97. The van der Waals surface area contributed by atoms with E-state index < -0.39 is 0 Å². The molecule has 2 nitrogen and oxygen atoms in total. The molecule has 0 radical (unpaired) electrons. The molecule has 0 fully saturated rings. The molecular weight excluding hydrogens is 244 g/mol. The number of hydrogen-bond donors (Lipinski definition) is 0. The second kappa shape index (κ2) is 8.44. The van der Waals surface area contributed by atoms with E-state index in [0.29, 0.717) is 6.61 Å². The third kappa shape index (κ3) is 5.32. The van der Waals surface area contributed by atoms with Crippen LogP contribution >= 0.6 is 11.3 Å². The standard InChI is InChI=1S/C15H24O2S/c1-4-5-6-7-8-9-17-11-15(16)14-10-12(2)18-13(14)3/h10H,4-9,11H2,1-3H3. The second-order valence-electron chi connectivity index (χ2n) is 4.72. The van der Waals surface area contributed by atoms with Gasteiger partial charge in [0, 0.05) is 21.9 Å². The number of Topliss-reactive ketones (excluding diaryl/α,β-unsaturated/α-hetero) is 1. The van der Waals surface area contributed by atoms with Gasteiger partial charge in [0.1, 0.15) is 6.61 Å². The van der Waals surface area contributed by atoms with Gasteiger partial charge in [-0.25, -0.2) is 0 Å². The summed E-state index contributed by atoms with van der Waals surface area (Å²) in [5, 5.41) is 0. The van der Waals surface area contributed by atoms with Crippen molar-refractivity contribution in [2.45, 2.75) is 52.9 Å². The van der Waals surface area contributed by atoms with Crippen molar-refractivity contribution in [2.24, 2.45) is 0 Å². The first-order valence-corrected chi connectivity index (χ1v) is 7.64. The van der Waals surface area contributed by atoms with E-state index in [1.54, 1.807) is 11.3 Å². The molecule has 0 saturated carbocycles. The summed E-state index contributed by atoms with van der Waals surface area (Å²) >= 11 is 1.67. The third-order valence-corrected chi connectivity index (χ3v) is 3.93. The van der Waals surface area contributed by atoms with Gasteiger partial charge in [0.05, 0.1) is 0 Å². The highest BCUT2D eigenvalue weighted by molar-refractivity contribution is 7.12. The maximum absolute atomic E-state index is 11.9. The Balaban J connectivity index is 2.16. The minimum absolute atomic E-state index is 0.116. The highest BCUT2D eigenvalue weighted by Crippen LogP contribution is 2.20. The van der Waals surface area contributed by atoms with Crippen molar-refractivity contribution in [1.29, 1.82) is 0 Å². The molecule has 1 heterocycles. The summed E-state index contributed by atoms with van der Waals surface area (Å²) in [6.45, 7) is 7.17. The Morgan fingerprint density at radius 3 is 2.56 bits per heavy atom. The molecule has 0 spiro atoms.